The maximum absolute atomic E-state index is 11.4. The Morgan fingerprint density at radius 2 is 2.08 bits per heavy atom. The molecule has 0 bridgehead atoms. The molecule has 0 saturated heterocycles. The highest BCUT2D eigenvalue weighted by Crippen LogP contribution is 2.31. The first-order valence-corrected chi connectivity index (χ1v) is 9.88. The van der Waals surface area contributed by atoms with Gasteiger partial charge in [0, 0.05) is 22.1 Å². The number of aliphatic hydroxyl groups is 1. The van der Waals surface area contributed by atoms with Gasteiger partial charge in [-0.25, -0.2) is 0 Å². The molecule has 24 heavy (non-hydrogen) atoms. The van der Waals surface area contributed by atoms with Crippen molar-refractivity contribution in [1.82, 2.24) is 5.32 Å². The minimum absolute atomic E-state index is 0.0226. The third kappa shape index (κ3) is 6.95. The molecule has 2 aromatic rings. The lowest BCUT2D eigenvalue weighted by Crippen LogP contribution is -2.27. The number of thioether (sulfide) groups is 1. The largest absolute Gasteiger partial charge is 0.497 e. The summed E-state index contributed by atoms with van der Waals surface area (Å²) in [6, 6.07) is 12.2. The van der Waals surface area contributed by atoms with E-state index in [1.807, 2.05) is 32.0 Å². The standard InChI is InChI=1S/C16H19NO3S2.C2H6/c1-20-13-4-2-3-12(9-13)15-6-5-14(22-15)10-21-11-16(19)17-7-8-18;1-2/h2-6,9,18H,7-8,10-11H2,1H3,(H,17,19);1-2H3. The Kier molecular flexibility index (Phi) is 10.2. The van der Waals surface area contributed by atoms with Crippen LogP contribution in [-0.4, -0.2) is 37.0 Å². The second-order valence-electron chi connectivity index (χ2n) is 4.56. The molecule has 4 nitrogen and oxygen atoms in total. The zero-order valence-electron chi connectivity index (χ0n) is 14.4. The van der Waals surface area contributed by atoms with Crippen LogP contribution in [0.25, 0.3) is 10.4 Å². The summed E-state index contributed by atoms with van der Waals surface area (Å²) < 4.78 is 5.24. The Balaban J connectivity index is 0.00000139. The highest BCUT2D eigenvalue weighted by molar-refractivity contribution is 7.99. The number of carbonyl (C=O) groups is 1. The van der Waals surface area contributed by atoms with E-state index in [0.29, 0.717) is 12.3 Å². The lowest BCUT2D eigenvalue weighted by atomic mass is 10.2. The van der Waals surface area contributed by atoms with Crippen LogP contribution in [0.4, 0.5) is 0 Å². The van der Waals surface area contributed by atoms with Gasteiger partial charge in [0.1, 0.15) is 5.75 Å². The van der Waals surface area contributed by atoms with E-state index >= 15 is 0 Å². The minimum Gasteiger partial charge on any atom is -0.497 e. The van der Waals surface area contributed by atoms with Crippen LogP contribution >= 0.6 is 23.1 Å². The summed E-state index contributed by atoms with van der Waals surface area (Å²) in [5.74, 6) is 2.03. The predicted octanol–water partition coefficient (Wildman–Crippen LogP) is 3.79. The molecular weight excluding hydrogens is 342 g/mol. The molecule has 1 aromatic heterocycles. The molecule has 2 N–H and O–H groups in total. The van der Waals surface area contributed by atoms with E-state index < -0.39 is 0 Å². The van der Waals surface area contributed by atoms with E-state index in [9.17, 15) is 4.79 Å². The number of aliphatic hydroxyl groups excluding tert-OH is 1. The maximum atomic E-state index is 11.4. The van der Waals surface area contributed by atoms with Crippen molar-refractivity contribution in [3.63, 3.8) is 0 Å². The van der Waals surface area contributed by atoms with Gasteiger partial charge in [0.25, 0.3) is 0 Å². The lowest BCUT2D eigenvalue weighted by Gasteiger charge is -2.03. The van der Waals surface area contributed by atoms with Crippen LogP contribution < -0.4 is 10.1 Å². The molecule has 0 radical (unpaired) electrons. The second-order valence-corrected chi connectivity index (χ2v) is 6.72. The predicted molar refractivity (Wildman–Crippen MR) is 104 cm³/mol. The average Bonchev–Trinajstić information content (AvgIpc) is 3.10. The van der Waals surface area contributed by atoms with Gasteiger partial charge in [0.2, 0.25) is 5.91 Å². The van der Waals surface area contributed by atoms with Crippen LogP contribution in [0, 0.1) is 0 Å². The van der Waals surface area contributed by atoms with E-state index in [4.69, 9.17) is 9.84 Å². The monoisotopic (exact) mass is 367 g/mol. The van der Waals surface area contributed by atoms with Gasteiger partial charge in [0.05, 0.1) is 19.5 Å². The van der Waals surface area contributed by atoms with Crippen molar-refractivity contribution in [2.75, 3.05) is 26.0 Å². The zero-order valence-corrected chi connectivity index (χ0v) is 16.0. The van der Waals surface area contributed by atoms with Crippen molar-refractivity contribution in [2.24, 2.45) is 0 Å². The first-order valence-electron chi connectivity index (χ1n) is 7.91. The summed E-state index contributed by atoms with van der Waals surface area (Å²) >= 11 is 3.30. The number of benzene rings is 1. The van der Waals surface area contributed by atoms with Crippen molar-refractivity contribution in [2.45, 2.75) is 19.6 Å². The number of ether oxygens (including phenoxy) is 1. The van der Waals surface area contributed by atoms with Crippen molar-refractivity contribution in [1.29, 1.82) is 0 Å². The quantitative estimate of drug-likeness (QED) is 0.745. The zero-order chi connectivity index (χ0) is 17.8. The highest BCUT2D eigenvalue weighted by Gasteiger charge is 2.06. The number of carbonyl (C=O) groups excluding carboxylic acids is 1. The summed E-state index contributed by atoms with van der Waals surface area (Å²) in [5.41, 5.74) is 1.14. The molecule has 1 amide bonds. The number of rotatable bonds is 8. The molecule has 1 heterocycles. The molecule has 0 saturated carbocycles. The molecule has 0 spiro atoms. The first-order chi connectivity index (χ1) is 11.7. The fourth-order valence-corrected chi connectivity index (χ4v) is 3.85. The fraction of sp³-hybridized carbons (Fsp3) is 0.389. The number of hydrogen-bond acceptors (Lipinski definition) is 5. The highest BCUT2D eigenvalue weighted by atomic mass is 32.2. The summed E-state index contributed by atoms with van der Waals surface area (Å²) in [6.07, 6.45) is 0. The molecule has 0 aliphatic rings. The SMILES string of the molecule is CC.COc1cccc(-c2ccc(CSCC(=O)NCCO)s2)c1. The Morgan fingerprint density at radius 3 is 2.79 bits per heavy atom. The fourth-order valence-electron chi connectivity index (χ4n) is 1.88. The molecule has 6 heteroatoms. The van der Waals surface area contributed by atoms with Crippen molar-refractivity contribution in [3.8, 4) is 16.2 Å². The van der Waals surface area contributed by atoms with E-state index in [-0.39, 0.29) is 12.5 Å². The van der Waals surface area contributed by atoms with Gasteiger partial charge in [-0.2, -0.15) is 0 Å². The molecule has 0 aliphatic heterocycles. The normalized spacial score (nSPS) is 9.83. The van der Waals surface area contributed by atoms with Crippen molar-refractivity contribution >= 4 is 29.0 Å². The number of hydrogen-bond donors (Lipinski definition) is 2. The van der Waals surface area contributed by atoms with Gasteiger partial charge in [-0.3, -0.25) is 4.79 Å². The van der Waals surface area contributed by atoms with Gasteiger partial charge in [-0.1, -0.05) is 26.0 Å². The van der Waals surface area contributed by atoms with E-state index in [0.717, 1.165) is 17.1 Å². The number of amides is 1. The van der Waals surface area contributed by atoms with E-state index in [2.05, 4.69) is 23.5 Å². The van der Waals surface area contributed by atoms with Gasteiger partial charge in [-0.05, 0) is 29.8 Å². The second kappa shape index (κ2) is 11.9. The summed E-state index contributed by atoms with van der Waals surface area (Å²) in [7, 11) is 1.66. The topological polar surface area (TPSA) is 58.6 Å². The van der Waals surface area contributed by atoms with Crippen molar-refractivity contribution < 1.29 is 14.6 Å². The summed E-state index contributed by atoms with van der Waals surface area (Å²) in [5, 5.41) is 11.3. The number of thiophene rings is 1. The Hall–Kier alpha value is -1.50. The smallest absolute Gasteiger partial charge is 0.230 e. The molecule has 2 rings (SSSR count). The van der Waals surface area contributed by atoms with Crippen LogP contribution in [0.15, 0.2) is 36.4 Å². The summed E-state index contributed by atoms with van der Waals surface area (Å²) in [6.45, 7) is 4.30. The lowest BCUT2D eigenvalue weighted by molar-refractivity contribution is -0.118. The van der Waals surface area contributed by atoms with Crippen LogP contribution in [-0.2, 0) is 10.5 Å². The third-order valence-electron chi connectivity index (χ3n) is 2.93. The van der Waals surface area contributed by atoms with Gasteiger partial charge in [0.15, 0.2) is 0 Å². The van der Waals surface area contributed by atoms with Crippen LogP contribution in [0.2, 0.25) is 0 Å². The maximum Gasteiger partial charge on any atom is 0.230 e. The molecule has 0 atom stereocenters. The average molecular weight is 368 g/mol. The Bertz CT molecular complexity index is 614. The first kappa shape index (κ1) is 20.5. The molecule has 1 aromatic carbocycles. The molecular formula is C18H25NO3S2. The molecule has 0 fully saturated rings. The Labute approximate surface area is 152 Å². The van der Waals surface area contributed by atoms with E-state index in [1.54, 1.807) is 30.2 Å². The van der Waals surface area contributed by atoms with E-state index in [1.165, 1.54) is 9.75 Å². The third-order valence-corrected chi connectivity index (χ3v) is 5.23. The molecule has 132 valence electrons. The van der Waals surface area contributed by atoms with Gasteiger partial charge < -0.3 is 15.2 Å². The van der Waals surface area contributed by atoms with Gasteiger partial charge in [-0.15, -0.1) is 23.1 Å². The molecule has 0 unspecified atom stereocenters. The Morgan fingerprint density at radius 1 is 1.29 bits per heavy atom. The minimum atomic E-state index is -0.0383. The van der Waals surface area contributed by atoms with Crippen LogP contribution in [0.1, 0.15) is 18.7 Å². The summed E-state index contributed by atoms with van der Waals surface area (Å²) in [4.78, 5) is 13.9. The number of nitrogens with one attached hydrogen (secondary N) is 1. The van der Waals surface area contributed by atoms with Gasteiger partial charge >= 0.3 is 0 Å². The van der Waals surface area contributed by atoms with Crippen molar-refractivity contribution in [3.05, 3.63) is 41.3 Å². The molecule has 0 aliphatic carbocycles. The van der Waals surface area contributed by atoms with Crippen LogP contribution in [0.3, 0.4) is 0 Å². The number of methoxy groups -OCH3 is 1. The van der Waals surface area contributed by atoms with Crippen LogP contribution in [0.5, 0.6) is 5.75 Å².